The number of anilines is 1. The van der Waals surface area contributed by atoms with Gasteiger partial charge in [-0.2, -0.15) is 18.4 Å². The highest BCUT2D eigenvalue weighted by molar-refractivity contribution is 6.31. The number of hydrogen-bond acceptors (Lipinski definition) is 4. The molecule has 4 rings (SSSR count). The van der Waals surface area contributed by atoms with Crippen molar-refractivity contribution in [3.63, 3.8) is 0 Å². The lowest BCUT2D eigenvalue weighted by Crippen LogP contribution is -2.49. The molecule has 0 bridgehead atoms. The zero-order chi connectivity index (χ0) is 26.6. The van der Waals surface area contributed by atoms with Crippen molar-refractivity contribution in [2.24, 2.45) is 0 Å². The van der Waals surface area contributed by atoms with Crippen molar-refractivity contribution >= 4 is 23.3 Å². The van der Waals surface area contributed by atoms with Crippen LogP contribution in [0, 0.1) is 11.3 Å². The van der Waals surface area contributed by atoms with Crippen LogP contribution in [0.5, 0.6) is 0 Å². The van der Waals surface area contributed by atoms with Crippen molar-refractivity contribution in [3.8, 4) is 6.07 Å². The average Bonchev–Trinajstić information content (AvgIpc) is 3.39. The molecule has 2 aromatic rings. The van der Waals surface area contributed by atoms with Crippen molar-refractivity contribution in [2.75, 3.05) is 31.5 Å². The summed E-state index contributed by atoms with van der Waals surface area (Å²) >= 11 is 5.73. The highest BCUT2D eigenvalue weighted by atomic mass is 35.5. The number of nitrogens with zero attached hydrogens (tertiary/aromatic N) is 3. The molecule has 2 aromatic carbocycles. The van der Waals surface area contributed by atoms with Crippen LogP contribution in [0.4, 0.5) is 23.7 Å². The number of urea groups is 1. The van der Waals surface area contributed by atoms with Crippen molar-refractivity contribution in [2.45, 2.75) is 56.3 Å². The molecule has 2 amide bonds. The van der Waals surface area contributed by atoms with Gasteiger partial charge < -0.3 is 20.2 Å². The third kappa shape index (κ3) is 6.56. The van der Waals surface area contributed by atoms with Crippen LogP contribution >= 0.6 is 11.6 Å². The van der Waals surface area contributed by atoms with Crippen LogP contribution in [0.15, 0.2) is 42.5 Å². The SMILES string of the molecule is N#Cc1cccc([C@]2(O)CC[C@@H](N(CCN3CCCC3)C(=O)Nc3ccc(Cl)c(C(F)(F)F)c3)CC2)c1. The van der Waals surface area contributed by atoms with Gasteiger partial charge in [0.25, 0.3) is 0 Å². The van der Waals surface area contributed by atoms with Crippen molar-refractivity contribution in [3.05, 3.63) is 64.2 Å². The minimum atomic E-state index is -4.63. The number of likely N-dealkylation sites (tertiary alicyclic amines) is 1. The number of halogens is 4. The van der Waals surface area contributed by atoms with Crippen LogP contribution in [0.2, 0.25) is 5.02 Å². The van der Waals surface area contributed by atoms with Crippen molar-refractivity contribution < 1.29 is 23.1 Å². The van der Waals surface area contributed by atoms with Crippen LogP contribution < -0.4 is 5.32 Å². The van der Waals surface area contributed by atoms with Crippen LogP contribution in [0.1, 0.15) is 55.2 Å². The number of carbonyl (C=O) groups is 1. The molecular weight excluding hydrogens is 505 g/mol. The van der Waals surface area contributed by atoms with Crippen LogP contribution in [-0.2, 0) is 11.8 Å². The number of alkyl halides is 3. The van der Waals surface area contributed by atoms with E-state index in [4.69, 9.17) is 11.6 Å². The van der Waals surface area contributed by atoms with Gasteiger partial charge in [0.2, 0.25) is 0 Å². The second kappa shape index (κ2) is 11.3. The lowest BCUT2D eigenvalue weighted by molar-refractivity contribution is -0.137. The van der Waals surface area contributed by atoms with Gasteiger partial charge in [-0.1, -0.05) is 23.7 Å². The number of hydrogen-bond donors (Lipinski definition) is 2. The second-order valence-corrected chi connectivity index (χ2v) is 10.2. The fourth-order valence-corrected chi connectivity index (χ4v) is 5.50. The van der Waals surface area contributed by atoms with Crippen LogP contribution in [0.25, 0.3) is 0 Å². The molecule has 0 radical (unpaired) electrons. The summed E-state index contributed by atoms with van der Waals surface area (Å²) in [5, 5.41) is 22.7. The van der Waals surface area contributed by atoms with Gasteiger partial charge in [0.05, 0.1) is 27.8 Å². The lowest BCUT2D eigenvalue weighted by Gasteiger charge is -2.41. The summed E-state index contributed by atoms with van der Waals surface area (Å²) in [5.41, 5.74) is -0.927. The zero-order valence-corrected chi connectivity index (χ0v) is 21.2. The molecule has 10 heteroatoms. The summed E-state index contributed by atoms with van der Waals surface area (Å²) < 4.78 is 39.9. The first kappa shape index (κ1) is 27.2. The fraction of sp³-hybridized carbons (Fsp3) is 0.481. The van der Waals surface area contributed by atoms with Gasteiger partial charge >= 0.3 is 12.2 Å². The molecule has 37 heavy (non-hydrogen) atoms. The van der Waals surface area contributed by atoms with E-state index in [0.717, 1.165) is 38.1 Å². The summed E-state index contributed by atoms with van der Waals surface area (Å²) in [7, 11) is 0. The van der Waals surface area contributed by atoms with Crippen molar-refractivity contribution in [1.82, 2.24) is 9.80 Å². The Balaban J connectivity index is 1.49. The average molecular weight is 535 g/mol. The molecule has 1 saturated carbocycles. The molecule has 0 aromatic heterocycles. The minimum Gasteiger partial charge on any atom is -0.385 e. The Labute approximate surface area is 219 Å². The van der Waals surface area contributed by atoms with E-state index in [0.29, 0.717) is 49.9 Å². The number of aliphatic hydroxyl groups is 1. The Morgan fingerprint density at radius 1 is 1.19 bits per heavy atom. The summed E-state index contributed by atoms with van der Waals surface area (Å²) in [4.78, 5) is 17.3. The van der Waals surface area contributed by atoms with Crippen LogP contribution in [-0.4, -0.2) is 53.2 Å². The molecular formula is C27H30ClF3N4O2. The van der Waals surface area contributed by atoms with Gasteiger partial charge in [0, 0.05) is 24.8 Å². The molecule has 1 saturated heterocycles. The Morgan fingerprint density at radius 3 is 2.54 bits per heavy atom. The fourth-order valence-electron chi connectivity index (χ4n) is 5.28. The second-order valence-electron chi connectivity index (χ2n) is 9.82. The first-order valence-electron chi connectivity index (χ1n) is 12.5. The molecule has 2 fully saturated rings. The molecule has 0 unspecified atom stereocenters. The highest BCUT2D eigenvalue weighted by Gasteiger charge is 2.38. The molecule has 2 N–H and O–H groups in total. The quantitative estimate of drug-likeness (QED) is 0.477. The molecule has 1 aliphatic carbocycles. The van der Waals surface area contributed by atoms with Crippen molar-refractivity contribution in [1.29, 1.82) is 5.26 Å². The van der Waals surface area contributed by atoms with E-state index in [9.17, 15) is 28.3 Å². The molecule has 2 aliphatic rings. The smallest absolute Gasteiger partial charge is 0.385 e. The predicted molar refractivity (Wildman–Crippen MR) is 135 cm³/mol. The highest BCUT2D eigenvalue weighted by Crippen LogP contribution is 2.39. The van der Waals surface area contributed by atoms with Crippen LogP contribution in [0.3, 0.4) is 0 Å². The number of amides is 2. The number of nitrogens with one attached hydrogen (secondary N) is 1. The Hall–Kier alpha value is -2.80. The molecule has 1 aliphatic heterocycles. The standard InChI is InChI=1S/C27H30ClF3N4O2/c28-24-7-6-21(17-23(24)27(29,30)31)33-25(36)35(15-14-34-12-1-2-13-34)22-8-10-26(37,11-9-22)20-5-3-4-19(16-20)18-32/h3-7,16-17,22,37H,1-2,8-15H2,(H,33,36)/t22-,26+. The van der Waals surface area contributed by atoms with Gasteiger partial charge in [0.15, 0.2) is 0 Å². The number of nitriles is 1. The third-order valence-electron chi connectivity index (χ3n) is 7.39. The maximum absolute atomic E-state index is 13.4. The Kier molecular flexibility index (Phi) is 8.32. The van der Waals surface area contributed by atoms with Gasteiger partial charge in [-0.25, -0.2) is 4.79 Å². The number of carbonyl (C=O) groups excluding carboxylic acids is 1. The number of rotatable bonds is 6. The topological polar surface area (TPSA) is 79.6 Å². The molecule has 0 spiro atoms. The maximum Gasteiger partial charge on any atom is 0.417 e. The summed E-state index contributed by atoms with van der Waals surface area (Å²) in [5.74, 6) is 0. The van der Waals surface area contributed by atoms with Gasteiger partial charge in [0.1, 0.15) is 0 Å². The van der Waals surface area contributed by atoms with E-state index in [1.165, 1.54) is 6.07 Å². The normalized spacial score (nSPS) is 22.4. The Bertz CT molecular complexity index is 1150. The summed E-state index contributed by atoms with van der Waals surface area (Å²) in [6, 6.07) is 11.7. The van der Waals surface area contributed by atoms with E-state index in [2.05, 4.69) is 16.3 Å². The van der Waals surface area contributed by atoms with E-state index in [-0.39, 0.29) is 11.7 Å². The van der Waals surface area contributed by atoms with E-state index >= 15 is 0 Å². The van der Waals surface area contributed by atoms with Gasteiger partial charge in [-0.15, -0.1) is 0 Å². The lowest BCUT2D eigenvalue weighted by atomic mass is 9.77. The molecule has 0 atom stereocenters. The zero-order valence-electron chi connectivity index (χ0n) is 20.4. The monoisotopic (exact) mass is 534 g/mol. The van der Waals surface area contributed by atoms with E-state index < -0.39 is 28.4 Å². The predicted octanol–water partition coefficient (Wildman–Crippen LogP) is 5.99. The van der Waals surface area contributed by atoms with E-state index in [1.54, 1.807) is 29.2 Å². The number of benzene rings is 2. The van der Waals surface area contributed by atoms with Gasteiger partial charge in [-0.3, -0.25) is 0 Å². The molecule has 198 valence electrons. The molecule has 6 nitrogen and oxygen atoms in total. The largest absolute Gasteiger partial charge is 0.417 e. The summed E-state index contributed by atoms with van der Waals surface area (Å²) in [6.45, 7) is 3.02. The van der Waals surface area contributed by atoms with Gasteiger partial charge in [-0.05, 0) is 87.5 Å². The summed E-state index contributed by atoms with van der Waals surface area (Å²) in [6.07, 6.45) is -0.572. The Morgan fingerprint density at radius 2 is 1.89 bits per heavy atom. The molecule has 1 heterocycles. The first-order valence-corrected chi connectivity index (χ1v) is 12.9. The minimum absolute atomic E-state index is 0.0218. The third-order valence-corrected chi connectivity index (χ3v) is 7.72. The van der Waals surface area contributed by atoms with E-state index in [1.807, 2.05) is 0 Å². The maximum atomic E-state index is 13.4. The first-order chi connectivity index (χ1) is 17.6.